The van der Waals surface area contributed by atoms with Crippen molar-refractivity contribution < 1.29 is 19.0 Å². The molecule has 1 aromatic heterocycles. The van der Waals surface area contributed by atoms with Gasteiger partial charge in [-0.15, -0.1) is 0 Å². The summed E-state index contributed by atoms with van der Waals surface area (Å²) in [5, 5.41) is 3.04. The van der Waals surface area contributed by atoms with Crippen molar-refractivity contribution in [1.29, 1.82) is 0 Å². The Hall–Kier alpha value is -3.75. The lowest BCUT2D eigenvalue weighted by molar-refractivity contribution is -0.138. The maximum Gasteiger partial charge on any atom is 0.337 e. The highest BCUT2D eigenvalue weighted by atomic mass is 16.5. The third-order valence-corrected chi connectivity index (χ3v) is 5.29. The fraction of sp³-hybridized carbons (Fsp3) is 0.318. The lowest BCUT2D eigenvalue weighted by Crippen LogP contribution is -2.43. The summed E-state index contributed by atoms with van der Waals surface area (Å²) in [6.07, 6.45) is 1.46. The highest BCUT2D eigenvalue weighted by Gasteiger charge is 2.38. The smallest absolute Gasteiger partial charge is 0.337 e. The van der Waals surface area contributed by atoms with Crippen molar-refractivity contribution in [2.75, 3.05) is 26.1 Å². The Labute approximate surface area is 179 Å². The Bertz CT molecular complexity index is 1200. The number of rotatable bonds is 6. The van der Waals surface area contributed by atoms with E-state index in [-0.39, 0.29) is 17.7 Å². The fourth-order valence-electron chi connectivity index (χ4n) is 3.74. The van der Waals surface area contributed by atoms with Crippen LogP contribution in [-0.2, 0) is 23.6 Å². The Kier molecular flexibility index (Phi) is 6.05. The molecule has 0 radical (unpaired) electrons. The number of allylic oxidation sites excluding steroid dienone is 1. The van der Waals surface area contributed by atoms with E-state index >= 15 is 0 Å². The minimum atomic E-state index is -0.833. The number of hydrogen-bond donors (Lipinski definition) is 1. The first-order valence-electron chi connectivity index (χ1n) is 9.54. The third kappa shape index (κ3) is 3.63. The largest absolute Gasteiger partial charge is 0.497 e. The van der Waals surface area contributed by atoms with Gasteiger partial charge >= 0.3 is 11.7 Å². The van der Waals surface area contributed by atoms with Crippen molar-refractivity contribution in [3.8, 4) is 11.5 Å². The van der Waals surface area contributed by atoms with Crippen molar-refractivity contribution in [2.45, 2.75) is 12.8 Å². The number of carbonyl (C=O) groups excluding carboxylic acids is 1. The first kappa shape index (κ1) is 21.9. The number of nitrogens with zero attached hydrogens (tertiary/aromatic N) is 2. The summed E-state index contributed by atoms with van der Waals surface area (Å²) in [7, 11) is 5.98. The predicted molar refractivity (Wildman–Crippen MR) is 116 cm³/mol. The van der Waals surface area contributed by atoms with E-state index in [9.17, 15) is 14.4 Å². The van der Waals surface area contributed by atoms with Crippen LogP contribution in [0.5, 0.6) is 11.5 Å². The Morgan fingerprint density at radius 3 is 2.52 bits per heavy atom. The van der Waals surface area contributed by atoms with Crippen LogP contribution in [-0.4, -0.2) is 35.9 Å². The van der Waals surface area contributed by atoms with Gasteiger partial charge in [0.05, 0.1) is 31.3 Å². The monoisotopic (exact) mass is 427 g/mol. The molecule has 1 unspecified atom stereocenters. The zero-order valence-electron chi connectivity index (χ0n) is 18.1. The molecule has 0 saturated carbocycles. The van der Waals surface area contributed by atoms with Gasteiger partial charge in [-0.3, -0.25) is 13.9 Å². The van der Waals surface area contributed by atoms with E-state index in [1.165, 1.54) is 31.9 Å². The SMILES string of the molecule is C=CCOC(=O)C1=C(C)Nc2c(c(=O)n(C)c(=O)n2C)C1c1ccc(OC)cc1OC. The average Bonchev–Trinajstić information content (AvgIpc) is 2.78. The minimum Gasteiger partial charge on any atom is -0.497 e. The summed E-state index contributed by atoms with van der Waals surface area (Å²) in [6.45, 7) is 5.28. The molecule has 164 valence electrons. The van der Waals surface area contributed by atoms with Gasteiger partial charge in [-0.2, -0.15) is 0 Å². The first-order valence-corrected chi connectivity index (χ1v) is 9.54. The van der Waals surface area contributed by atoms with Gasteiger partial charge < -0.3 is 19.5 Å². The molecule has 0 amide bonds. The van der Waals surface area contributed by atoms with Crippen LogP contribution in [0.3, 0.4) is 0 Å². The van der Waals surface area contributed by atoms with Crippen LogP contribution < -0.4 is 26.0 Å². The number of hydrogen-bond acceptors (Lipinski definition) is 7. The summed E-state index contributed by atoms with van der Waals surface area (Å²) in [5.74, 6) is -0.141. The number of aromatic nitrogens is 2. The molecule has 2 heterocycles. The molecule has 0 bridgehead atoms. The standard InChI is InChI=1S/C22H25N3O6/c1-7-10-31-21(27)16-12(2)23-19-18(20(26)25(4)22(28)24(19)3)17(16)14-9-8-13(29-5)11-15(14)30-6/h7-9,11,17,23H,1,10H2,2-6H3. The van der Waals surface area contributed by atoms with Crippen molar-refractivity contribution in [1.82, 2.24) is 9.13 Å². The van der Waals surface area contributed by atoms with Crippen LogP contribution in [0.15, 0.2) is 51.7 Å². The van der Waals surface area contributed by atoms with E-state index in [0.29, 0.717) is 28.6 Å². The van der Waals surface area contributed by atoms with Gasteiger partial charge in [0, 0.05) is 31.4 Å². The number of anilines is 1. The van der Waals surface area contributed by atoms with Crippen LogP contribution in [0.4, 0.5) is 5.82 Å². The van der Waals surface area contributed by atoms with E-state index < -0.39 is 23.1 Å². The second-order valence-electron chi connectivity index (χ2n) is 7.06. The van der Waals surface area contributed by atoms with Crippen LogP contribution in [0.25, 0.3) is 0 Å². The molecule has 9 heteroatoms. The molecule has 0 aliphatic carbocycles. The Morgan fingerprint density at radius 1 is 1.19 bits per heavy atom. The van der Waals surface area contributed by atoms with Crippen LogP contribution in [0, 0.1) is 0 Å². The molecule has 3 rings (SSSR count). The lowest BCUT2D eigenvalue weighted by atomic mass is 9.81. The van der Waals surface area contributed by atoms with Gasteiger partial charge in [0.2, 0.25) is 0 Å². The molecular formula is C22H25N3O6. The molecule has 2 aromatic rings. The number of nitrogens with one attached hydrogen (secondary N) is 1. The maximum atomic E-state index is 13.2. The Balaban J connectivity index is 2.39. The van der Waals surface area contributed by atoms with E-state index in [0.717, 1.165) is 4.57 Å². The molecule has 0 saturated heterocycles. The van der Waals surface area contributed by atoms with Gasteiger partial charge in [0.1, 0.15) is 23.9 Å². The maximum absolute atomic E-state index is 13.2. The molecular weight excluding hydrogens is 402 g/mol. The van der Waals surface area contributed by atoms with Gasteiger partial charge in [-0.25, -0.2) is 9.59 Å². The van der Waals surface area contributed by atoms with E-state index in [2.05, 4.69) is 11.9 Å². The van der Waals surface area contributed by atoms with Crippen molar-refractivity contribution in [3.05, 3.63) is 74.1 Å². The normalized spacial score (nSPS) is 15.1. The van der Waals surface area contributed by atoms with Crippen molar-refractivity contribution in [3.63, 3.8) is 0 Å². The first-order chi connectivity index (χ1) is 14.8. The number of esters is 1. The van der Waals surface area contributed by atoms with E-state index in [1.54, 1.807) is 32.2 Å². The molecule has 9 nitrogen and oxygen atoms in total. The lowest BCUT2D eigenvalue weighted by Gasteiger charge is -2.31. The molecule has 0 spiro atoms. The van der Waals surface area contributed by atoms with E-state index in [1.807, 2.05) is 0 Å². The number of fused-ring (bicyclic) bond motifs is 1. The number of ether oxygens (including phenoxy) is 3. The number of carbonyl (C=O) groups is 1. The summed E-state index contributed by atoms with van der Waals surface area (Å²) in [4.78, 5) is 38.8. The third-order valence-electron chi connectivity index (χ3n) is 5.29. The molecule has 1 aliphatic heterocycles. The molecule has 1 N–H and O–H groups in total. The van der Waals surface area contributed by atoms with Crippen molar-refractivity contribution >= 4 is 11.8 Å². The van der Waals surface area contributed by atoms with Crippen molar-refractivity contribution in [2.24, 2.45) is 14.1 Å². The highest BCUT2D eigenvalue weighted by Crippen LogP contribution is 2.44. The summed E-state index contributed by atoms with van der Waals surface area (Å²) in [6, 6.07) is 5.12. The second-order valence-corrected chi connectivity index (χ2v) is 7.06. The van der Waals surface area contributed by atoms with Crippen LogP contribution in [0.2, 0.25) is 0 Å². The zero-order chi connectivity index (χ0) is 22.9. The van der Waals surface area contributed by atoms with Gasteiger partial charge in [-0.05, 0) is 13.0 Å². The van der Waals surface area contributed by atoms with E-state index in [4.69, 9.17) is 14.2 Å². The fourth-order valence-corrected chi connectivity index (χ4v) is 3.74. The molecule has 1 aliphatic rings. The zero-order valence-corrected chi connectivity index (χ0v) is 18.1. The molecule has 1 aromatic carbocycles. The average molecular weight is 427 g/mol. The quantitative estimate of drug-likeness (QED) is 0.553. The predicted octanol–water partition coefficient (Wildman–Crippen LogP) is 1.66. The number of methoxy groups -OCH3 is 2. The molecule has 31 heavy (non-hydrogen) atoms. The number of benzene rings is 1. The summed E-state index contributed by atoms with van der Waals surface area (Å²) < 4.78 is 18.5. The van der Waals surface area contributed by atoms with Crippen LogP contribution in [0.1, 0.15) is 24.0 Å². The minimum absolute atomic E-state index is 0.0141. The van der Waals surface area contributed by atoms with Gasteiger partial charge in [0.25, 0.3) is 5.56 Å². The second kappa shape index (κ2) is 8.55. The molecule has 1 atom stereocenters. The van der Waals surface area contributed by atoms with Gasteiger partial charge in [-0.1, -0.05) is 18.7 Å². The molecule has 0 fully saturated rings. The Morgan fingerprint density at radius 2 is 1.90 bits per heavy atom. The van der Waals surface area contributed by atoms with Gasteiger partial charge in [0.15, 0.2) is 0 Å². The summed E-state index contributed by atoms with van der Waals surface area (Å²) >= 11 is 0. The summed E-state index contributed by atoms with van der Waals surface area (Å²) in [5.41, 5.74) is 0.509. The van der Waals surface area contributed by atoms with Crippen LogP contribution >= 0.6 is 0 Å². The topological polar surface area (TPSA) is 101 Å². The highest BCUT2D eigenvalue weighted by molar-refractivity contribution is 5.94.